The third-order valence-electron chi connectivity index (χ3n) is 10.1. The Morgan fingerprint density at radius 1 is 0.273 bits per heavy atom. The van der Waals surface area contributed by atoms with Gasteiger partial charge in [0, 0.05) is 47.4 Å². The zero-order chi connectivity index (χ0) is 53.1. The first-order valence-corrected chi connectivity index (χ1v) is 48.5. The van der Waals surface area contributed by atoms with Gasteiger partial charge in [0.05, 0.1) is 96.9 Å². The van der Waals surface area contributed by atoms with Gasteiger partial charge in [0.25, 0.3) is 0 Å². The molecule has 77 heavy (non-hydrogen) atoms. The molecule has 412 valence electrons. The van der Waals surface area contributed by atoms with E-state index in [1.165, 1.54) is 147 Å². The fourth-order valence-electron chi connectivity index (χ4n) is 6.33. The number of allylic oxidation sites excluding steroid dienone is 4. The van der Waals surface area contributed by atoms with Crippen molar-refractivity contribution in [1.29, 1.82) is 10.5 Å². The highest BCUT2D eigenvalue weighted by molar-refractivity contribution is 8.48. The van der Waals surface area contributed by atoms with Gasteiger partial charge < -0.3 is 0 Å². The van der Waals surface area contributed by atoms with E-state index in [4.69, 9.17) is 0 Å². The van der Waals surface area contributed by atoms with Crippen molar-refractivity contribution in [2.45, 2.75) is 59.8 Å². The van der Waals surface area contributed by atoms with Gasteiger partial charge in [-0.1, -0.05) is 188 Å². The van der Waals surface area contributed by atoms with Gasteiger partial charge in [-0.2, -0.15) is 10.5 Å². The average Bonchev–Trinajstić information content (AvgIpc) is 4.31. The van der Waals surface area contributed by atoms with Crippen LogP contribution in [-0.2, 0) is 0 Å². The lowest BCUT2D eigenvalue weighted by Crippen LogP contribution is -1.88. The van der Waals surface area contributed by atoms with Crippen LogP contribution >= 0.6 is 329 Å². The molecule has 0 aromatic carbocycles. The molecule has 10 aliphatic rings. The molecule has 0 aromatic rings. The number of nitriles is 2. The maximum absolute atomic E-state index is 9.30. The molecule has 0 spiro atoms. The maximum atomic E-state index is 9.30. The highest BCUT2D eigenvalue weighted by Crippen LogP contribution is 2.70. The summed E-state index contributed by atoms with van der Waals surface area (Å²) in [7, 11) is 0. The van der Waals surface area contributed by atoms with Gasteiger partial charge in [-0.3, -0.25) is 0 Å². The van der Waals surface area contributed by atoms with E-state index in [1.54, 1.807) is 0 Å². The molecule has 0 unspecified atom stereocenters. The third kappa shape index (κ3) is 18.9. The average molecular weight is 1540 g/mol. The normalized spacial score (nSPS) is 22.3. The maximum Gasteiger partial charge on any atom is 0.0717 e. The highest BCUT2D eigenvalue weighted by atomic mass is 32.3. The topological polar surface area (TPSA) is 47.6 Å². The van der Waals surface area contributed by atoms with E-state index in [0.717, 1.165) is 46.0 Å². The van der Waals surface area contributed by atoms with Crippen molar-refractivity contribution in [2.24, 2.45) is 0 Å². The van der Waals surface area contributed by atoms with Crippen LogP contribution in [0.15, 0.2) is 104 Å². The molecular weight excluding hydrogens is 1490 g/mol. The smallest absolute Gasteiger partial charge is 0.0717 e. The Bertz CT molecular complexity index is 2570. The van der Waals surface area contributed by atoms with E-state index in [-0.39, 0.29) is 0 Å². The van der Waals surface area contributed by atoms with Crippen molar-refractivity contribution in [3.05, 3.63) is 104 Å². The van der Waals surface area contributed by atoms with Gasteiger partial charge in [-0.05, 0) is 101 Å². The first kappa shape index (κ1) is 65.6. The Balaban J connectivity index is 0.715. The van der Waals surface area contributed by atoms with Crippen LogP contribution in [0.3, 0.4) is 0 Å². The molecule has 0 saturated carbocycles. The molecule has 0 aromatic heterocycles. The molecule has 0 bridgehead atoms. The monoisotopic (exact) mass is 1530 g/mol. The molecule has 30 heteroatoms. The summed E-state index contributed by atoms with van der Waals surface area (Å²) in [5.74, 6) is 13.3. The summed E-state index contributed by atoms with van der Waals surface area (Å²) in [5.41, 5.74) is 0. The third-order valence-corrected chi connectivity index (χ3v) is 51.7. The number of thioether (sulfide) groups is 28. The van der Waals surface area contributed by atoms with Crippen molar-refractivity contribution in [2.75, 3.05) is 69.0 Å². The van der Waals surface area contributed by atoms with Crippen molar-refractivity contribution in [3.8, 4) is 12.1 Å². The summed E-state index contributed by atoms with van der Waals surface area (Å²) >= 11 is 56.2. The minimum atomic E-state index is 0.593. The summed E-state index contributed by atoms with van der Waals surface area (Å²) in [6.07, 6.45) is 4.71. The molecule has 0 atom stereocenters. The largest absolute Gasteiger partial charge is 0.198 e. The standard InChI is InChI=1S/C47H46N2S28/c1-24-25(2)63-40(62-24)42-66-32(54-16-7-14-52-30-28(50-12-5-10-48)70-44(72-30)46-74-36-37(75-46)59-21-20-58-36)34(68-42)56-18-9-19-57-35-33(67-43(69-35)41-64-26(3)27(4)65-41)55-17-8-15-53-31-29(51-13-6-11-49)71-45(73-31)47-76-38-39(77-47)61-23-22-60-38/h5-9,12-23H2,1-4H3. The van der Waals surface area contributed by atoms with Crippen LogP contribution in [-0.4, -0.2) is 69.0 Å². The van der Waals surface area contributed by atoms with Gasteiger partial charge in [0.15, 0.2) is 0 Å². The Morgan fingerprint density at radius 2 is 0.468 bits per heavy atom. The van der Waals surface area contributed by atoms with Gasteiger partial charge >= 0.3 is 0 Å². The first-order valence-electron chi connectivity index (χ1n) is 23.6. The van der Waals surface area contributed by atoms with E-state index in [0.29, 0.717) is 12.8 Å². The molecule has 0 aliphatic carbocycles. The van der Waals surface area contributed by atoms with Gasteiger partial charge in [0.2, 0.25) is 0 Å². The molecule has 10 heterocycles. The van der Waals surface area contributed by atoms with E-state index >= 15 is 0 Å². The lowest BCUT2D eigenvalue weighted by atomic mass is 10.6. The van der Waals surface area contributed by atoms with Crippen LogP contribution in [0.2, 0.25) is 0 Å². The molecule has 0 N–H and O–H groups in total. The minimum absolute atomic E-state index is 0.593. The molecule has 0 saturated heterocycles. The summed E-state index contributed by atoms with van der Waals surface area (Å²) in [6, 6.07) is 4.72. The molecule has 10 aliphatic heterocycles. The van der Waals surface area contributed by atoms with Crippen LogP contribution < -0.4 is 0 Å². The summed E-state index contributed by atoms with van der Waals surface area (Å²) < 4.78 is 29.5. The van der Waals surface area contributed by atoms with Crippen LogP contribution in [0.1, 0.15) is 59.8 Å². The van der Waals surface area contributed by atoms with Crippen LogP contribution in [0, 0.1) is 22.7 Å². The van der Waals surface area contributed by atoms with Gasteiger partial charge in [0.1, 0.15) is 0 Å². The highest BCUT2D eigenvalue weighted by Gasteiger charge is 2.35. The second-order valence-corrected chi connectivity index (χ2v) is 51.2. The van der Waals surface area contributed by atoms with Crippen LogP contribution in [0.4, 0.5) is 0 Å². The minimum Gasteiger partial charge on any atom is -0.198 e. The lowest BCUT2D eigenvalue weighted by Gasteiger charge is -2.08. The molecule has 0 radical (unpaired) electrons. The number of rotatable bonds is 24. The van der Waals surface area contributed by atoms with Gasteiger partial charge in [-0.25, -0.2) is 0 Å². The zero-order valence-electron chi connectivity index (χ0n) is 41.3. The number of nitrogens with zero attached hydrogens (tertiary/aromatic N) is 2. The second-order valence-electron chi connectivity index (χ2n) is 15.7. The Hall–Kier alpha value is 5.66. The van der Waals surface area contributed by atoms with Crippen molar-refractivity contribution < 1.29 is 0 Å². The fraction of sp³-hybridized carbons (Fsp3) is 0.447. The van der Waals surface area contributed by atoms with E-state index < -0.39 is 0 Å². The van der Waals surface area contributed by atoms with Crippen LogP contribution in [0.5, 0.6) is 0 Å². The molecule has 2 nitrogen and oxygen atoms in total. The van der Waals surface area contributed by atoms with E-state index in [2.05, 4.69) is 86.9 Å². The van der Waals surface area contributed by atoms with Crippen molar-refractivity contribution >= 4 is 329 Å². The lowest BCUT2D eigenvalue weighted by molar-refractivity contribution is 1.13. The quantitative estimate of drug-likeness (QED) is 0.0861. The van der Waals surface area contributed by atoms with E-state index in [9.17, 15) is 10.5 Å². The SMILES string of the molecule is CC1=C(C)SC(=C2SC(SCCCSC3=C(SCCCSC4=C(SCCC#N)SC(=C5SC6=C(SCCS6)S5)S4)SC(=C4SC(C)=C(C)S4)S3)=C(SCCCSC3=C(SCCC#N)SC(=C4SC5=C(SCCS5)S4)S3)S2)S1. The Labute approximate surface area is 575 Å². The summed E-state index contributed by atoms with van der Waals surface area (Å²) in [6.45, 7) is 9.08. The van der Waals surface area contributed by atoms with Crippen molar-refractivity contribution in [1.82, 2.24) is 0 Å². The fourth-order valence-corrected chi connectivity index (χ4v) is 48.3. The van der Waals surface area contributed by atoms with Gasteiger partial charge in [-0.15, -0.1) is 141 Å². The predicted octanol–water partition coefficient (Wildman–Crippen LogP) is 26.4. The zero-order valence-corrected chi connectivity index (χ0v) is 64.2. The predicted molar refractivity (Wildman–Crippen MR) is 412 cm³/mol. The van der Waals surface area contributed by atoms with Crippen molar-refractivity contribution in [3.63, 3.8) is 0 Å². The number of hydrogen-bond acceptors (Lipinski definition) is 30. The number of hydrogen-bond donors (Lipinski definition) is 0. The molecule has 10 rings (SSSR count). The molecule has 0 amide bonds. The first-order chi connectivity index (χ1) is 37.7. The summed E-state index contributed by atoms with van der Waals surface area (Å²) in [4.78, 5) is 5.77. The van der Waals surface area contributed by atoms with E-state index in [1.807, 2.05) is 282 Å². The van der Waals surface area contributed by atoms with Crippen LogP contribution in [0.25, 0.3) is 0 Å². The Morgan fingerprint density at radius 3 is 0.688 bits per heavy atom. The Kier molecular flexibility index (Phi) is 29.1. The summed E-state index contributed by atoms with van der Waals surface area (Å²) in [5, 5.41) is 18.6. The molecular formula is C47H46N2S28. The molecule has 0 fully saturated rings. The second kappa shape index (κ2) is 34.2.